The zero-order valence-electron chi connectivity index (χ0n) is 10.3. The maximum Gasteiger partial charge on any atom is 0.0700 e. The van der Waals surface area contributed by atoms with Crippen molar-refractivity contribution in [2.24, 2.45) is 5.92 Å². The molecule has 2 N–H and O–H groups in total. The largest absolute Gasteiger partial charge is 0.394 e. The highest BCUT2D eigenvalue weighted by Gasteiger charge is 2.26. The fourth-order valence-electron chi connectivity index (χ4n) is 2.26. The summed E-state index contributed by atoms with van der Waals surface area (Å²) in [6, 6.07) is 0. The van der Waals surface area contributed by atoms with Gasteiger partial charge in [0, 0.05) is 18.7 Å². The van der Waals surface area contributed by atoms with Gasteiger partial charge in [-0.05, 0) is 32.1 Å². The Morgan fingerprint density at radius 3 is 2.73 bits per heavy atom. The van der Waals surface area contributed by atoms with Gasteiger partial charge in [-0.1, -0.05) is 13.8 Å². The lowest BCUT2D eigenvalue weighted by atomic mass is 9.91. The molecule has 0 saturated carbocycles. The molecule has 2 atom stereocenters. The maximum atomic E-state index is 9.40. The molecule has 0 amide bonds. The van der Waals surface area contributed by atoms with E-state index in [0.717, 1.165) is 26.0 Å². The van der Waals surface area contributed by atoms with Gasteiger partial charge in [0.15, 0.2) is 0 Å². The van der Waals surface area contributed by atoms with E-state index in [-0.39, 0.29) is 12.1 Å². The van der Waals surface area contributed by atoms with Gasteiger partial charge in [0.25, 0.3) is 0 Å². The zero-order chi connectivity index (χ0) is 11.3. The van der Waals surface area contributed by atoms with Crippen LogP contribution in [0, 0.1) is 5.92 Å². The summed E-state index contributed by atoms with van der Waals surface area (Å²) in [7, 11) is 0. The van der Waals surface area contributed by atoms with E-state index in [1.165, 1.54) is 6.42 Å². The molecule has 0 spiro atoms. The minimum atomic E-state index is -0.153. The summed E-state index contributed by atoms with van der Waals surface area (Å²) < 4.78 is 5.55. The number of aliphatic hydroxyl groups is 1. The van der Waals surface area contributed by atoms with Crippen molar-refractivity contribution in [1.82, 2.24) is 5.32 Å². The number of nitrogens with one attached hydrogen (secondary N) is 1. The summed E-state index contributed by atoms with van der Waals surface area (Å²) in [5, 5.41) is 12.8. The molecule has 0 bridgehead atoms. The highest BCUT2D eigenvalue weighted by molar-refractivity contribution is 4.85. The van der Waals surface area contributed by atoms with Gasteiger partial charge < -0.3 is 15.2 Å². The van der Waals surface area contributed by atoms with Crippen LogP contribution >= 0.6 is 0 Å². The lowest BCUT2D eigenvalue weighted by Gasteiger charge is -2.31. The van der Waals surface area contributed by atoms with Crippen LogP contribution in [0.4, 0.5) is 0 Å². The lowest BCUT2D eigenvalue weighted by molar-refractivity contribution is 0.0861. The van der Waals surface area contributed by atoms with E-state index in [4.69, 9.17) is 4.74 Å². The third-order valence-electron chi connectivity index (χ3n) is 2.99. The SMILES string of the molecule is CC(C)CC(C)(CO)NCC1CCCO1. The molecule has 1 aliphatic heterocycles. The number of hydrogen-bond donors (Lipinski definition) is 2. The Labute approximate surface area is 93.2 Å². The summed E-state index contributed by atoms with van der Waals surface area (Å²) in [6.45, 7) is 8.40. The maximum absolute atomic E-state index is 9.40. The molecule has 3 nitrogen and oxygen atoms in total. The van der Waals surface area contributed by atoms with Gasteiger partial charge >= 0.3 is 0 Å². The van der Waals surface area contributed by atoms with Crippen molar-refractivity contribution >= 4 is 0 Å². The van der Waals surface area contributed by atoms with E-state index in [1.807, 2.05) is 0 Å². The van der Waals surface area contributed by atoms with Crippen LogP contribution in [-0.2, 0) is 4.74 Å². The Kier molecular flexibility index (Phi) is 5.03. The van der Waals surface area contributed by atoms with Crippen LogP contribution in [0.2, 0.25) is 0 Å². The standard InChI is InChI=1S/C12H25NO2/c1-10(2)7-12(3,9-14)13-8-11-5-4-6-15-11/h10-11,13-14H,4-9H2,1-3H3. The summed E-state index contributed by atoms with van der Waals surface area (Å²) in [5.74, 6) is 0.596. The molecular weight excluding hydrogens is 190 g/mol. The first-order chi connectivity index (χ1) is 7.06. The second-order valence-corrected chi connectivity index (χ2v) is 5.33. The van der Waals surface area contributed by atoms with Crippen molar-refractivity contribution in [1.29, 1.82) is 0 Å². The molecule has 90 valence electrons. The van der Waals surface area contributed by atoms with Crippen molar-refractivity contribution in [3.8, 4) is 0 Å². The van der Waals surface area contributed by atoms with E-state index in [2.05, 4.69) is 26.1 Å². The van der Waals surface area contributed by atoms with Gasteiger partial charge in [0.05, 0.1) is 12.7 Å². The van der Waals surface area contributed by atoms with Crippen LogP contribution in [0.3, 0.4) is 0 Å². The van der Waals surface area contributed by atoms with Crippen LogP contribution in [0.25, 0.3) is 0 Å². The quantitative estimate of drug-likeness (QED) is 0.706. The molecule has 1 fully saturated rings. The van der Waals surface area contributed by atoms with Gasteiger partial charge in [-0.3, -0.25) is 0 Å². The van der Waals surface area contributed by atoms with Crippen molar-refractivity contribution in [2.45, 2.75) is 51.7 Å². The van der Waals surface area contributed by atoms with E-state index < -0.39 is 0 Å². The Balaban J connectivity index is 2.30. The van der Waals surface area contributed by atoms with E-state index in [9.17, 15) is 5.11 Å². The first kappa shape index (κ1) is 12.9. The minimum absolute atomic E-state index is 0.153. The first-order valence-corrected chi connectivity index (χ1v) is 6.03. The molecule has 0 aromatic carbocycles. The van der Waals surface area contributed by atoms with Crippen molar-refractivity contribution in [2.75, 3.05) is 19.8 Å². The Morgan fingerprint density at radius 1 is 1.53 bits per heavy atom. The minimum Gasteiger partial charge on any atom is -0.394 e. The van der Waals surface area contributed by atoms with Crippen LogP contribution in [-0.4, -0.2) is 36.5 Å². The zero-order valence-corrected chi connectivity index (χ0v) is 10.3. The summed E-state index contributed by atoms with van der Waals surface area (Å²) in [6.07, 6.45) is 3.67. The molecule has 1 aliphatic rings. The molecule has 15 heavy (non-hydrogen) atoms. The molecule has 0 aromatic heterocycles. The van der Waals surface area contributed by atoms with Crippen LogP contribution < -0.4 is 5.32 Å². The topological polar surface area (TPSA) is 41.5 Å². The van der Waals surface area contributed by atoms with Gasteiger partial charge in [0.2, 0.25) is 0 Å². The molecule has 1 heterocycles. The Hall–Kier alpha value is -0.120. The van der Waals surface area contributed by atoms with Gasteiger partial charge in [0.1, 0.15) is 0 Å². The van der Waals surface area contributed by atoms with Gasteiger partial charge in [-0.2, -0.15) is 0 Å². The number of rotatable bonds is 6. The fourth-order valence-corrected chi connectivity index (χ4v) is 2.26. The predicted octanol–water partition coefficient (Wildman–Crippen LogP) is 1.55. The van der Waals surface area contributed by atoms with Crippen LogP contribution in [0.5, 0.6) is 0 Å². The molecular formula is C12H25NO2. The number of aliphatic hydroxyl groups excluding tert-OH is 1. The van der Waals surface area contributed by atoms with Crippen molar-refractivity contribution < 1.29 is 9.84 Å². The first-order valence-electron chi connectivity index (χ1n) is 6.03. The summed E-state index contributed by atoms with van der Waals surface area (Å²) in [5.41, 5.74) is -0.153. The van der Waals surface area contributed by atoms with Crippen molar-refractivity contribution in [3.63, 3.8) is 0 Å². The highest BCUT2D eigenvalue weighted by Crippen LogP contribution is 2.17. The third kappa shape index (κ3) is 4.49. The number of ether oxygens (including phenoxy) is 1. The smallest absolute Gasteiger partial charge is 0.0700 e. The van der Waals surface area contributed by atoms with E-state index in [1.54, 1.807) is 0 Å². The van der Waals surface area contributed by atoms with Crippen molar-refractivity contribution in [3.05, 3.63) is 0 Å². The Morgan fingerprint density at radius 2 is 2.27 bits per heavy atom. The second-order valence-electron chi connectivity index (χ2n) is 5.33. The molecule has 1 saturated heterocycles. The third-order valence-corrected chi connectivity index (χ3v) is 2.99. The second kappa shape index (κ2) is 5.83. The molecule has 2 unspecified atom stereocenters. The molecule has 3 heteroatoms. The average molecular weight is 215 g/mol. The Bertz CT molecular complexity index is 178. The lowest BCUT2D eigenvalue weighted by Crippen LogP contribution is -2.49. The monoisotopic (exact) mass is 215 g/mol. The molecule has 0 aliphatic carbocycles. The van der Waals surface area contributed by atoms with Crippen LogP contribution in [0.15, 0.2) is 0 Å². The molecule has 0 radical (unpaired) electrons. The van der Waals surface area contributed by atoms with E-state index in [0.29, 0.717) is 12.0 Å². The normalized spacial score (nSPS) is 25.8. The average Bonchev–Trinajstić information content (AvgIpc) is 2.66. The van der Waals surface area contributed by atoms with Gasteiger partial charge in [-0.25, -0.2) is 0 Å². The van der Waals surface area contributed by atoms with Gasteiger partial charge in [-0.15, -0.1) is 0 Å². The van der Waals surface area contributed by atoms with Crippen LogP contribution in [0.1, 0.15) is 40.0 Å². The van der Waals surface area contributed by atoms with E-state index >= 15 is 0 Å². The summed E-state index contributed by atoms with van der Waals surface area (Å²) in [4.78, 5) is 0. The molecule has 1 rings (SSSR count). The fraction of sp³-hybridized carbons (Fsp3) is 1.00. The number of hydrogen-bond acceptors (Lipinski definition) is 3. The summed E-state index contributed by atoms with van der Waals surface area (Å²) >= 11 is 0. The highest BCUT2D eigenvalue weighted by atomic mass is 16.5. The molecule has 0 aromatic rings. The predicted molar refractivity (Wildman–Crippen MR) is 61.9 cm³/mol.